The molecule has 106 valence electrons. The highest BCUT2D eigenvalue weighted by atomic mass is 35.5. The molecule has 0 aliphatic rings. The molecule has 2 rings (SSSR count). The van der Waals surface area contributed by atoms with Crippen LogP contribution in [0.2, 0.25) is 15.1 Å². The van der Waals surface area contributed by atoms with Crippen LogP contribution in [-0.4, -0.2) is 6.04 Å². The Bertz CT molecular complexity index is 569. The molecule has 1 atom stereocenters. The van der Waals surface area contributed by atoms with E-state index in [2.05, 4.69) is 36.5 Å². The Hall–Kier alpha value is -0.890. The Balaban J connectivity index is 1.95. The molecular formula is C16H16Cl3N. The number of hydrogen-bond acceptors (Lipinski definition) is 1. The van der Waals surface area contributed by atoms with E-state index in [0.717, 1.165) is 18.5 Å². The summed E-state index contributed by atoms with van der Waals surface area (Å²) in [5.41, 5.74) is 2.16. The maximum Gasteiger partial charge on any atom is 0.0653 e. The maximum atomic E-state index is 6.16. The Labute approximate surface area is 134 Å². The molecule has 4 heteroatoms. The van der Waals surface area contributed by atoms with Gasteiger partial charge >= 0.3 is 0 Å². The maximum absolute atomic E-state index is 6.16. The van der Waals surface area contributed by atoms with E-state index < -0.39 is 0 Å². The number of halogens is 3. The van der Waals surface area contributed by atoms with Crippen molar-refractivity contribution in [1.29, 1.82) is 0 Å². The summed E-state index contributed by atoms with van der Waals surface area (Å²) in [6, 6.07) is 14.2. The van der Waals surface area contributed by atoms with Crippen molar-refractivity contribution in [2.45, 2.75) is 25.8 Å². The zero-order valence-electron chi connectivity index (χ0n) is 11.2. The number of benzene rings is 2. The molecule has 1 unspecified atom stereocenters. The summed E-state index contributed by atoms with van der Waals surface area (Å²) < 4.78 is 0. The molecule has 0 bridgehead atoms. The Morgan fingerprint density at radius 3 is 2.30 bits per heavy atom. The van der Waals surface area contributed by atoms with E-state index in [9.17, 15) is 0 Å². The molecule has 0 aliphatic carbocycles. The van der Waals surface area contributed by atoms with E-state index in [1.165, 1.54) is 5.56 Å². The van der Waals surface area contributed by atoms with Crippen molar-refractivity contribution in [1.82, 2.24) is 0 Å². The van der Waals surface area contributed by atoms with Crippen LogP contribution in [0, 0.1) is 0 Å². The highest BCUT2D eigenvalue weighted by molar-refractivity contribution is 6.44. The van der Waals surface area contributed by atoms with Crippen molar-refractivity contribution >= 4 is 40.5 Å². The zero-order valence-corrected chi connectivity index (χ0v) is 13.4. The number of anilines is 1. The van der Waals surface area contributed by atoms with Gasteiger partial charge in [0, 0.05) is 6.04 Å². The standard InChI is InChI=1S/C16H16Cl3N/c1-11(7-8-12-5-3-2-4-6-12)20-16-10-14(18)13(17)9-15(16)19/h2-6,9-11,20H,7-8H2,1H3. The molecule has 0 spiro atoms. The van der Waals surface area contributed by atoms with Gasteiger partial charge in [-0.3, -0.25) is 0 Å². The summed E-state index contributed by atoms with van der Waals surface area (Å²) in [4.78, 5) is 0. The van der Waals surface area contributed by atoms with E-state index in [0.29, 0.717) is 21.1 Å². The molecule has 0 radical (unpaired) electrons. The van der Waals surface area contributed by atoms with Gasteiger partial charge in [0.15, 0.2) is 0 Å². The largest absolute Gasteiger partial charge is 0.381 e. The fraction of sp³-hybridized carbons (Fsp3) is 0.250. The van der Waals surface area contributed by atoms with Crippen LogP contribution in [0.4, 0.5) is 5.69 Å². The molecule has 2 aromatic carbocycles. The minimum Gasteiger partial charge on any atom is -0.381 e. The average molecular weight is 329 g/mol. The van der Waals surface area contributed by atoms with Crippen molar-refractivity contribution in [3.8, 4) is 0 Å². The second-order valence-corrected chi connectivity index (χ2v) is 6.04. The Kier molecular flexibility index (Phi) is 5.59. The van der Waals surface area contributed by atoms with Crippen LogP contribution in [-0.2, 0) is 6.42 Å². The van der Waals surface area contributed by atoms with Crippen molar-refractivity contribution in [3.05, 3.63) is 63.1 Å². The van der Waals surface area contributed by atoms with Gasteiger partial charge in [0.05, 0.1) is 20.8 Å². The molecule has 0 aliphatic heterocycles. The average Bonchev–Trinajstić information content (AvgIpc) is 2.44. The SMILES string of the molecule is CC(CCc1ccccc1)Nc1cc(Cl)c(Cl)cc1Cl. The third kappa shape index (κ3) is 4.31. The van der Waals surface area contributed by atoms with E-state index in [1.54, 1.807) is 12.1 Å². The van der Waals surface area contributed by atoms with Gasteiger partial charge in [-0.2, -0.15) is 0 Å². The van der Waals surface area contributed by atoms with Crippen LogP contribution in [0.1, 0.15) is 18.9 Å². The van der Waals surface area contributed by atoms with Gasteiger partial charge in [0.25, 0.3) is 0 Å². The topological polar surface area (TPSA) is 12.0 Å². The molecule has 20 heavy (non-hydrogen) atoms. The van der Waals surface area contributed by atoms with Crippen LogP contribution < -0.4 is 5.32 Å². The lowest BCUT2D eigenvalue weighted by Gasteiger charge is -2.17. The first-order valence-corrected chi connectivity index (χ1v) is 7.64. The van der Waals surface area contributed by atoms with Gasteiger partial charge in [0.1, 0.15) is 0 Å². The summed E-state index contributed by atoms with van der Waals surface area (Å²) in [5, 5.41) is 4.94. The molecule has 0 aromatic heterocycles. The summed E-state index contributed by atoms with van der Waals surface area (Å²) in [6.45, 7) is 2.13. The second-order valence-electron chi connectivity index (χ2n) is 4.82. The molecule has 0 saturated heterocycles. The molecule has 1 nitrogen and oxygen atoms in total. The van der Waals surface area contributed by atoms with Gasteiger partial charge in [-0.25, -0.2) is 0 Å². The van der Waals surface area contributed by atoms with Crippen LogP contribution in [0.3, 0.4) is 0 Å². The first-order chi connectivity index (χ1) is 9.56. The first kappa shape index (κ1) is 15.5. The second kappa shape index (κ2) is 7.21. The monoisotopic (exact) mass is 327 g/mol. The number of hydrogen-bond donors (Lipinski definition) is 1. The molecular weight excluding hydrogens is 313 g/mol. The van der Waals surface area contributed by atoms with Crippen LogP contribution in [0.15, 0.2) is 42.5 Å². The Morgan fingerprint density at radius 2 is 1.60 bits per heavy atom. The molecule has 1 N–H and O–H groups in total. The molecule has 0 fully saturated rings. The number of aryl methyl sites for hydroxylation is 1. The van der Waals surface area contributed by atoms with E-state index in [-0.39, 0.29) is 0 Å². The van der Waals surface area contributed by atoms with E-state index >= 15 is 0 Å². The molecule has 2 aromatic rings. The van der Waals surface area contributed by atoms with E-state index in [4.69, 9.17) is 34.8 Å². The van der Waals surface area contributed by atoms with Gasteiger partial charge in [0.2, 0.25) is 0 Å². The zero-order chi connectivity index (χ0) is 14.5. The lowest BCUT2D eigenvalue weighted by molar-refractivity contribution is 0.706. The van der Waals surface area contributed by atoms with Crippen LogP contribution >= 0.6 is 34.8 Å². The number of nitrogens with one attached hydrogen (secondary N) is 1. The minimum absolute atomic E-state index is 0.296. The third-order valence-corrected chi connectivity index (χ3v) is 4.16. The predicted octanol–water partition coefficient (Wildman–Crippen LogP) is 6.08. The summed E-state index contributed by atoms with van der Waals surface area (Å²) in [7, 11) is 0. The fourth-order valence-corrected chi connectivity index (χ4v) is 2.60. The van der Waals surface area contributed by atoms with Gasteiger partial charge in [-0.15, -0.1) is 0 Å². The highest BCUT2D eigenvalue weighted by Crippen LogP contribution is 2.32. The van der Waals surface area contributed by atoms with Crippen molar-refractivity contribution in [3.63, 3.8) is 0 Å². The van der Waals surface area contributed by atoms with Crippen molar-refractivity contribution < 1.29 is 0 Å². The predicted molar refractivity (Wildman–Crippen MR) is 89.3 cm³/mol. The van der Waals surface area contributed by atoms with Crippen LogP contribution in [0.5, 0.6) is 0 Å². The lowest BCUT2D eigenvalue weighted by Crippen LogP contribution is -2.16. The summed E-state index contributed by atoms with van der Waals surface area (Å²) in [6.07, 6.45) is 2.04. The van der Waals surface area contributed by atoms with Crippen molar-refractivity contribution in [2.75, 3.05) is 5.32 Å². The summed E-state index contributed by atoms with van der Waals surface area (Å²) >= 11 is 18.1. The smallest absolute Gasteiger partial charge is 0.0653 e. The van der Waals surface area contributed by atoms with E-state index in [1.807, 2.05) is 6.07 Å². The molecule has 0 amide bonds. The first-order valence-electron chi connectivity index (χ1n) is 6.51. The highest BCUT2D eigenvalue weighted by Gasteiger charge is 2.09. The Morgan fingerprint density at radius 1 is 0.950 bits per heavy atom. The van der Waals surface area contributed by atoms with Gasteiger partial charge in [-0.1, -0.05) is 65.1 Å². The normalized spacial score (nSPS) is 12.2. The minimum atomic E-state index is 0.296. The molecule has 0 heterocycles. The van der Waals surface area contributed by atoms with Gasteiger partial charge in [-0.05, 0) is 37.5 Å². The fourth-order valence-electron chi connectivity index (χ4n) is 2.00. The van der Waals surface area contributed by atoms with Crippen molar-refractivity contribution in [2.24, 2.45) is 0 Å². The molecule has 0 saturated carbocycles. The summed E-state index contributed by atoms with van der Waals surface area (Å²) in [5.74, 6) is 0. The quantitative estimate of drug-likeness (QED) is 0.656. The van der Waals surface area contributed by atoms with Gasteiger partial charge < -0.3 is 5.32 Å². The number of rotatable bonds is 5. The van der Waals surface area contributed by atoms with Crippen LogP contribution in [0.25, 0.3) is 0 Å². The lowest BCUT2D eigenvalue weighted by atomic mass is 10.1. The third-order valence-electron chi connectivity index (χ3n) is 3.12.